The van der Waals surface area contributed by atoms with E-state index in [4.69, 9.17) is 10.00 Å². The van der Waals surface area contributed by atoms with Crippen molar-refractivity contribution in [3.05, 3.63) is 65.2 Å². The van der Waals surface area contributed by atoms with Crippen LogP contribution < -0.4 is 4.90 Å². The van der Waals surface area contributed by atoms with Crippen LogP contribution in [0.5, 0.6) is 0 Å². The van der Waals surface area contributed by atoms with Crippen molar-refractivity contribution in [3.8, 4) is 6.07 Å². The number of piperidine rings is 1. The standard InChI is InChI=1S/C25H29N3O4/c1-27(22-10-8-21(9-11-22)24(30)32-2)18-25(31)13-15-28(16-14-25)23(29)12-7-19-3-5-20(17-26)6-4-19/h3-6,8-11,31H,7,12-16,18H2,1-2H3. The molecular formula is C25H29N3O4. The molecule has 32 heavy (non-hydrogen) atoms. The fourth-order valence-electron chi connectivity index (χ4n) is 3.99. The number of benzene rings is 2. The van der Waals surface area contributed by atoms with E-state index >= 15 is 0 Å². The number of ether oxygens (including phenoxy) is 1. The van der Waals surface area contributed by atoms with Crippen LogP contribution in [0.25, 0.3) is 0 Å². The average molecular weight is 436 g/mol. The molecule has 1 amide bonds. The van der Waals surface area contributed by atoms with E-state index in [1.807, 2.05) is 41.1 Å². The molecule has 1 N–H and O–H groups in total. The summed E-state index contributed by atoms with van der Waals surface area (Å²) in [7, 11) is 3.25. The van der Waals surface area contributed by atoms with E-state index in [1.165, 1.54) is 7.11 Å². The third-order valence-corrected chi connectivity index (χ3v) is 6.02. The molecule has 0 radical (unpaired) electrons. The van der Waals surface area contributed by atoms with Gasteiger partial charge in [-0.15, -0.1) is 0 Å². The maximum Gasteiger partial charge on any atom is 0.337 e. The van der Waals surface area contributed by atoms with Crippen LogP contribution in [-0.2, 0) is 16.0 Å². The van der Waals surface area contributed by atoms with Gasteiger partial charge in [-0.3, -0.25) is 4.79 Å². The third-order valence-electron chi connectivity index (χ3n) is 6.02. The monoisotopic (exact) mass is 435 g/mol. The summed E-state index contributed by atoms with van der Waals surface area (Å²) in [6.07, 6.45) is 2.08. The van der Waals surface area contributed by atoms with Gasteiger partial charge in [-0.25, -0.2) is 4.79 Å². The van der Waals surface area contributed by atoms with Gasteiger partial charge < -0.3 is 19.6 Å². The number of likely N-dealkylation sites (tertiary alicyclic amines) is 1. The van der Waals surface area contributed by atoms with E-state index in [1.54, 1.807) is 24.3 Å². The first-order chi connectivity index (χ1) is 15.3. The van der Waals surface area contributed by atoms with Gasteiger partial charge in [0.05, 0.1) is 29.9 Å². The zero-order valence-electron chi connectivity index (χ0n) is 18.6. The first kappa shape index (κ1) is 23.3. The van der Waals surface area contributed by atoms with Crippen molar-refractivity contribution in [1.82, 2.24) is 4.90 Å². The molecule has 2 aromatic rings. The first-order valence-corrected chi connectivity index (χ1v) is 10.7. The fraction of sp³-hybridized carbons (Fsp3) is 0.400. The highest BCUT2D eigenvalue weighted by Gasteiger charge is 2.34. The Hall–Kier alpha value is -3.37. The number of carbonyl (C=O) groups is 2. The number of aryl methyl sites for hydroxylation is 1. The second kappa shape index (κ2) is 10.3. The molecule has 1 aliphatic rings. The van der Waals surface area contributed by atoms with Crippen molar-refractivity contribution in [2.75, 3.05) is 38.7 Å². The Morgan fingerprint density at radius 2 is 1.75 bits per heavy atom. The number of esters is 1. The summed E-state index contributed by atoms with van der Waals surface area (Å²) in [5.41, 5.74) is 2.15. The second-order valence-corrected chi connectivity index (χ2v) is 8.31. The molecule has 7 nitrogen and oxygen atoms in total. The minimum atomic E-state index is -0.875. The number of amides is 1. The van der Waals surface area contributed by atoms with Gasteiger partial charge in [0.15, 0.2) is 0 Å². The lowest BCUT2D eigenvalue weighted by atomic mass is 9.90. The van der Waals surface area contributed by atoms with Crippen LogP contribution in [0.2, 0.25) is 0 Å². The van der Waals surface area contributed by atoms with E-state index in [-0.39, 0.29) is 11.9 Å². The van der Waals surface area contributed by atoms with Gasteiger partial charge in [-0.2, -0.15) is 5.26 Å². The average Bonchev–Trinajstić information content (AvgIpc) is 2.82. The van der Waals surface area contributed by atoms with Crippen LogP contribution in [-0.4, -0.2) is 61.3 Å². The largest absolute Gasteiger partial charge is 0.465 e. The molecule has 1 aliphatic heterocycles. The highest BCUT2D eigenvalue weighted by Crippen LogP contribution is 2.26. The highest BCUT2D eigenvalue weighted by molar-refractivity contribution is 5.89. The van der Waals surface area contributed by atoms with Crippen LogP contribution in [0.3, 0.4) is 0 Å². The Bertz CT molecular complexity index is 972. The van der Waals surface area contributed by atoms with Crippen LogP contribution in [0.15, 0.2) is 48.5 Å². The smallest absolute Gasteiger partial charge is 0.337 e. The summed E-state index contributed by atoms with van der Waals surface area (Å²) in [5.74, 6) is -0.294. The minimum Gasteiger partial charge on any atom is -0.465 e. The van der Waals surface area contributed by atoms with E-state index in [0.29, 0.717) is 56.4 Å². The van der Waals surface area contributed by atoms with Crippen molar-refractivity contribution in [2.24, 2.45) is 0 Å². The van der Waals surface area contributed by atoms with Gasteiger partial charge in [0.1, 0.15) is 0 Å². The topological polar surface area (TPSA) is 93.9 Å². The molecule has 0 atom stereocenters. The molecule has 7 heteroatoms. The summed E-state index contributed by atoms with van der Waals surface area (Å²) in [6, 6.07) is 16.5. The number of rotatable bonds is 7. The van der Waals surface area contributed by atoms with Gasteiger partial charge in [0.25, 0.3) is 0 Å². The number of hydrogen-bond donors (Lipinski definition) is 1. The molecule has 2 aromatic carbocycles. The van der Waals surface area contributed by atoms with E-state index in [9.17, 15) is 14.7 Å². The maximum absolute atomic E-state index is 12.6. The number of hydrogen-bond acceptors (Lipinski definition) is 6. The molecule has 0 spiro atoms. The van der Waals surface area contributed by atoms with Crippen molar-refractivity contribution in [2.45, 2.75) is 31.3 Å². The summed E-state index contributed by atoms with van der Waals surface area (Å²) in [6.45, 7) is 1.49. The van der Waals surface area contributed by atoms with Crippen molar-refractivity contribution in [1.29, 1.82) is 5.26 Å². The SMILES string of the molecule is COC(=O)c1ccc(N(C)CC2(O)CCN(C(=O)CCc3ccc(C#N)cc3)CC2)cc1. The molecule has 0 unspecified atom stereocenters. The zero-order chi connectivity index (χ0) is 23.1. The lowest BCUT2D eigenvalue weighted by Crippen LogP contribution is -2.51. The molecular weight excluding hydrogens is 406 g/mol. The third kappa shape index (κ3) is 5.86. The van der Waals surface area contributed by atoms with Crippen molar-refractivity contribution >= 4 is 17.6 Å². The summed E-state index contributed by atoms with van der Waals surface area (Å²) in [5, 5.41) is 19.9. The van der Waals surface area contributed by atoms with E-state index in [0.717, 1.165) is 11.3 Å². The normalized spacial score (nSPS) is 15.0. The number of nitrogens with zero attached hydrogens (tertiary/aromatic N) is 3. The predicted molar refractivity (Wildman–Crippen MR) is 121 cm³/mol. The molecule has 1 saturated heterocycles. The predicted octanol–water partition coefficient (Wildman–Crippen LogP) is 2.77. The second-order valence-electron chi connectivity index (χ2n) is 8.31. The van der Waals surface area contributed by atoms with Crippen LogP contribution in [0.1, 0.15) is 40.7 Å². The van der Waals surface area contributed by atoms with Gasteiger partial charge in [0.2, 0.25) is 5.91 Å². The first-order valence-electron chi connectivity index (χ1n) is 10.7. The molecule has 3 rings (SSSR count). The quantitative estimate of drug-likeness (QED) is 0.672. The van der Waals surface area contributed by atoms with Gasteiger partial charge in [-0.1, -0.05) is 12.1 Å². The summed E-state index contributed by atoms with van der Waals surface area (Å²) < 4.78 is 4.72. The number of aliphatic hydroxyl groups is 1. The molecule has 0 bridgehead atoms. The van der Waals surface area contributed by atoms with E-state index < -0.39 is 5.60 Å². The molecule has 0 aliphatic carbocycles. The minimum absolute atomic E-state index is 0.0863. The number of anilines is 1. The highest BCUT2D eigenvalue weighted by atomic mass is 16.5. The Morgan fingerprint density at radius 3 is 2.31 bits per heavy atom. The number of methoxy groups -OCH3 is 1. The van der Waals surface area contributed by atoms with Gasteiger partial charge in [-0.05, 0) is 61.2 Å². The summed E-state index contributed by atoms with van der Waals surface area (Å²) in [4.78, 5) is 28.0. The molecule has 1 fully saturated rings. The maximum atomic E-state index is 12.6. The number of carbonyl (C=O) groups excluding carboxylic acids is 2. The number of likely N-dealkylation sites (N-methyl/N-ethyl adjacent to an activating group) is 1. The lowest BCUT2D eigenvalue weighted by Gasteiger charge is -2.40. The van der Waals surface area contributed by atoms with Crippen LogP contribution in [0.4, 0.5) is 5.69 Å². The number of nitriles is 1. The Kier molecular flexibility index (Phi) is 7.49. The Morgan fingerprint density at radius 1 is 1.12 bits per heavy atom. The molecule has 168 valence electrons. The zero-order valence-corrected chi connectivity index (χ0v) is 18.6. The fourth-order valence-corrected chi connectivity index (χ4v) is 3.99. The Labute approximate surface area is 188 Å². The van der Waals surface area contributed by atoms with Gasteiger partial charge >= 0.3 is 5.97 Å². The van der Waals surface area contributed by atoms with E-state index in [2.05, 4.69) is 6.07 Å². The van der Waals surface area contributed by atoms with Crippen molar-refractivity contribution < 1.29 is 19.4 Å². The molecule has 0 aromatic heterocycles. The molecule has 0 saturated carbocycles. The molecule has 1 heterocycles. The van der Waals surface area contributed by atoms with Crippen molar-refractivity contribution in [3.63, 3.8) is 0 Å². The lowest BCUT2D eigenvalue weighted by molar-refractivity contribution is -0.135. The van der Waals surface area contributed by atoms with Gasteiger partial charge in [0, 0.05) is 38.8 Å². The van der Waals surface area contributed by atoms with Crippen LogP contribution in [0, 0.1) is 11.3 Å². The Balaban J connectivity index is 1.48. The van der Waals surface area contributed by atoms with Crippen LogP contribution >= 0.6 is 0 Å². The summed E-state index contributed by atoms with van der Waals surface area (Å²) >= 11 is 0.